The second-order valence-electron chi connectivity index (χ2n) is 5.06. The highest BCUT2D eigenvalue weighted by Crippen LogP contribution is 2.20. The lowest BCUT2D eigenvalue weighted by atomic mass is 10.1. The quantitative estimate of drug-likeness (QED) is 0.755. The summed E-state index contributed by atoms with van der Waals surface area (Å²) in [7, 11) is -7.85. The molecule has 0 aliphatic heterocycles. The Kier molecular flexibility index (Phi) is 4.59. The van der Waals surface area contributed by atoms with Gasteiger partial charge < -0.3 is 5.73 Å². The first-order valence-corrected chi connectivity index (χ1v) is 9.00. The number of halogens is 1. The standard InChI is InChI=1S/C11H17FN2O4S2/c1-11(2,7-13)14-20(17,18)10-6-8(19(3,15)16)4-5-9(10)12/h4-6,14H,7,13H2,1-3H3. The third kappa shape index (κ3) is 3.98. The van der Waals surface area contributed by atoms with E-state index in [2.05, 4.69) is 4.72 Å². The summed E-state index contributed by atoms with van der Waals surface area (Å²) in [4.78, 5) is -0.994. The lowest BCUT2D eigenvalue weighted by Crippen LogP contribution is -2.48. The van der Waals surface area contributed by atoms with Crippen molar-refractivity contribution in [2.45, 2.75) is 29.2 Å². The normalized spacial score (nSPS) is 13.4. The number of rotatable bonds is 5. The lowest BCUT2D eigenvalue weighted by Gasteiger charge is -2.24. The van der Waals surface area contributed by atoms with Crippen LogP contribution in [0.15, 0.2) is 28.0 Å². The highest BCUT2D eigenvalue weighted by molar-refractivity contribution is 7.91. The van der Waals surface area contributed by atoms with Gasteiger partial charge in [0.05, 0.1) is 4.90 Å². The van der Waals surface area contributed by atoms with E-state index in [1.54, 1.807) is 0 Å². The Morgan fingerprint density at radius 1 is 1.25 bits per heavy atom. The summed E-state index contributed by atoms with van der Waals surface area (Å²) in [6.07, 6.45) is 0.911. The van der Waals surface area contributed by atoms with Gasteiger partial charge in [-0.25, -0.2) is 25.9 Å². The van der Waals surface area contributed by atoms with Crippen LogP contribution in [0.4, 0.5) is 4.39 Å². The molecule has 0 spiro atoms. The summed E-state index contributed by atoms with van der Waals surface area (Å²) in [5, 5.41) is 0. The van der Waals surface area contributed by atoms with Crippen LogP contribution < -0.4 is 10.5 Å². The summed E-state index contributed by atoms with van der Waals surface area (Å²) < 4.78 is 62.9. The van der Waals surface area contributed by atoms with Crippen LogP contribution >= 0.6 is 0 Å². The van der Waals surface area contributed by atoms with Gasteiger partial charge in [-0.15, -0.1) is 0 Å². The summed E-state index contributed by atoms with van der Waals surface area (Å²) in [5.41, 5.74) is 4.43. The number of sulfonamides is 1. The lowest BCUT2D eigenvalue weighted by molar-refractivity contribution is 0.459. The molecule has 0 radical (unpaired) electrons. The van der Waals surface area contributed by atoms with Crippen LogP contribution in [0.3, 0.4) is 0 Å². The van der Waals surface area contributed by atoms with Gasteiger partial charge in [-0.05, 0) is 32.0 Å². The van der Waals surface area contributed by atoms with Crippen molar-refractivity contribution in [3.63, 3.8) is 0 Å². The minimum Gasteiger partial charge on any atom is -0.329 e. The molecule has 9 heteroatoms. The predicted octanol–water partition coefficient (Wildman–Crippen LogP) is 0.245. The van der Waals surface area contributed by atoms with Gasteiger partial charge in [-0.2, -0.15) is 0 Å². The van der Waals surface area contributed by atoms with E-state index in [1.165, 1.54) is 13.8 Å². The Morgan fingerprint density at radius 3 is 2.25 bits per heavy atom. The fraction of sp³-hybridized carbons (Fsp3) is 0.455. The van der Waals surface area contributed by atoms with Gasteiger partial charge in [0.1, 0.15) is 10.7 Å². The van der Waals surface area contributed by atoms with Crippen LogP contribution in [0.2, 0.25) is 0 Å². The van der Waals surface area contributed by atoms with Crippen LogP contribution in [-0.4, -0.2) is 35.2 Å². The number of hydrogen-bond donors (Lipinski definition) is 2. The van der Waals surface area contributed by atoms with Crippen molar-refractivity contribution in [1.82, 2.24) is 4.72 Å². The number of nitrogens with one attached hydrogen (secondary N) is 1. The highest BCUT2D eigenvalue weighted by Gasteiger charge is 2.28. The molecule has 0 fully saturated rings. The van der Waals surface area contributed by atoms with Crippen LogP contribution in [0.5, 0.6) is 0 Å². The Bertz CT molecular complexity index is 712. The zero-order valence-corrected chi connectivity index (χ0v) is 13.0. The first-order valence-electron chi connectivity index (χ1n) is 5.63. The van der Waals surface area contributed by atoms with E-state index in [-0.39, 0.29) is 11.4 Å². The minimum absolute atomic E-state index is 0.000381. The van der Waals surface area contributed by atoms with Crippen LogP contribution in [0.1, 0.15) is 13.8 Å². The van der Waals surface area contributed by atoms with Crippen molar-refractivity contribution in [1.29, 1.82) is 0 Å². The third-order valence-corrected chi connectivity index (χ3v) is 5.36. The number of hydrogen-bond acceptors (Lipinski definition) is 5. The van der Waals surface area contributed by atoms with Crippen molar-refractivity contribution in [3.8, 4) is 0 Å². The molecule has 0 saturated carbocycles. The monoisotopic (exact) mass is 324 g/mol. The molecular formula is C11H17FN2O4S2. The van der Waals surface area contributed by atoms with Gasteiger partial charge in [-0.1, -0.05) is 0 Å². The Morgan fingerprint density at radius 2 is 1.80 bits per heavy atom. The smallest absolute Gasteiger partial charge is 0.244 e. The molecule has 0 heterocycles. The molecule has 0 saturated heterocycles. The second kappa shape index (κ2) is 5.40. The SMILES string of the molecule is CC(C)(CN)NS(=O)(=O)c1cc(S(C)(=O)=O)ccc1F. The van der Waals surface area contributed by atoms with E-state index in [0.29, 0.717) is 0 Å². The highest BCUT2D eigenvalue weighted by atomic mass is 32.2. The number of nitrogens with two attached hydrogens (primary N) is 1. The fourth-order valence-electron chi connectivity index (χ4n) is 1.38. The molecule has 1 aromatic carbocycles. The summed E-state index contributed by atoms with van der Waals surface area (Å²) in [6, 6.07) is 2.61. The number of benzene rings is 1. The van der Waals surface area contributed by atoms with Crippen molar-refractivity contribution in [3.05, 3.63) is 24.0 Å². The molecule has 20 heavy (non-hydrogen) atoms. The van der Waals surface area contributed by atoms with E-state index in [9.17, 15) is 21.2 Å². The molecule has 1 aromatic rings. The molecule has 6 nitrogen and oxygen atoms in total. The van der Waals surface area contributed by atoms with Gasteiger partial charge in [0.2, 0.25) is 10.0 Å². The van der Waals surface area contributed by atoms with Crippen molar-refractivity contribution in [2.24, 2.45) is 5.73 Å². The summed E-state index contributed by atoms with van der Waals surface area (Å²) in [6.45, 7) is 3.06. The molecule has 0 aromatic heterocycles. The largest absolute Gasteiger partial charge is 0.329 e. The molecule has 0 bridgehead atoms. The first-order chi connectivity index (χ1) is 8.89. The van der Waals surface area contributed by atoms with Crippen molar-refractivity contribution < 1.29 is 21.2 Å². The molecule has 0 amide bonds. The first kappa shape index (κ1) is 17.0. The maximum Gasteiger partial charge on any atom is 0.244 e. The predicted molar refractivity (Wildman–Crippen MR) is 73.0 cm³/mol. The van der Waals surface area contributed by atoms with Crippen molar-refractivity contribution in [2.75, 3.05) is 12.8 Å². The maximum atomic E-state index is 13.7. The van der Waals surface area contributed by atoms with Crippen molar-refractivity contribution >= 4 is 19.9 Å². The number of sulfone groups is 1. The summed E-state index contributed by atoms with van der Waals surface area (Å²) in [5.74, 6) is -1.03. The van der Waals surface area contributed by atoms with Gasteiger partial charge >= 0.3 is 0 Å². The van der Waals surface area contributed by atoms with E-state index in [1.807, 2.05) is 0 Å². The molecular weight excluding hydrogens is 307 g/mol. The molecule has 0 aliphatic rings. The van der Waals surface area contributed by atoms with Gasteiger partial charge in [0.25, 0.3) is 0 Å². The third-order valence-electron chi connectivity index (χ3n) is 2.54. The second-order valence-corrected chi connectivity index (χ2v) is 8.72. The minimum atomic E-state index is -4.21. The van der Waals surface area contributed by atoms with Crippen LogP contribution in [-0.2, 0) is 19.9 Å². The molecule has 3 N–H and O–H groups in total. The molecule has 0 aliphatic carbocycles. The molecule has 114 valence electrons. The maximum absolute atomic E-state index is 13.7. The summed E-state index contributed by atoms with van der Waals surface area (Å²) >= 11 is 0. The van der Waals surface area contributed by atoms with Gasteiger partial charge in [0.15, 0.2) is 9.84 Å². The molecule has 0 atom stereocenters. The van der Waals surface area contributed by atoms with Crippen LogP contribution in [0.25, 0.3) is 0 Å². The topological polar surface area (TPSA) is 106 Å². The van der Waals surface area contributed by atoms with E-state index < -0.39 is 36.1 Å². The van der Waals surface area contributed by atoms with E-state index >= 15 is 0 Å². The molecule has 1 rings (SSSR count). The fourth-order valence-corrected chi connectivity index (χ4v) is 3.63. The Balaban J connectivity index is 3.39. The Labute approximate surface area is 118 Å². The van der Waals surface area contributed by atoms with E-state index in [4.69, 9.17) is 5.73 Å². The van der Waals surface area contributed by atoms with Crippen LogP contribution in [0, 0.1) is 5.82 Å². The zero-order chi connectivity index (χ0) is 15.8. The van der Waals surface area contributed by atoms with Gasteiger partial charge in [-0.3, -0.25) is 0 Å². The average molecular weight is 324 g/mol. The average Bonchev–Trinajstić information content (AvgIpc) is 2.26. The van der Waals surface area contributed by atoms with E-state index in [0.717, 1.165) is 24.5 Å². The zero-order valence-electron chi connectivity index (χ0n) is 11.3. The molecule has 0 unspecified atom stereocenters. The Hall–Kier alpha value is -1.03. The van der Waals surface area contributed by atoms with Gasteiger partial charge in [0, 0.05) is 18.3 Å².